The fourth-order valence-corrected chi connectivity index (χ4v) is 2.27. The third-order valence-corrected chi connectivity index (χ3v) is 3.60. The quantitative estimate of drug-likeness (QED) is 0.826. The van der Waals surface area contributed by atoms with Crippen LogP contribution in [-0.4, -0.2) is 13.0 Å². The Morgan fingerprint density at radius 3 is 2.55 bits per heavy atom. The lowest BCUT2D eigenvalue weighted by molar-refractivity contribution is -0.116. The molecule has 0 radical (unpaired) electrons. The second-order valence-electron chi connectivity index (χ2n) is 4.56. The molecule has 0 heterocycles. The lowest BCUT2D eigenvalue weighted by atomic mass is 10.2. The number of methoxy groups -OCH3 is 1. The van der Waals surface area contributed by atoms with E-state index in [2.05, 4.69) is 5.32 Å². The first-order valence-electron chi connectivity index (χ1n) is 6.62. The Morgan fingerprint density at radius 1 is 1.18 bits per heavy atom. The predicted octanol–water partition coefficient (Wildman–Crippen LogP) is 4.33. The molecule has 0 spiro atoms. The smallest absolute Gasteiger partial charge is 0.244 e. The van der Waals surface area contributed by atoms with Gasteiger partial charge >= 0.3 is 0 Å². The molecule has 2 aromatic carbocycles. The van der Waals surface area contributed by atoms with Crippen molar-refractivity contribution in [1.82, 2.24) is 5.32 Å². The van der Waals surface area contributed by atoms with E-state index in [1.807, 2.05) is 24.3 Å². The van der Waals surface area contributed by atoms with Crippen LogP contribution >= 0.6 is 23.2 Å². The summed E-state index contributed by atoms with van der Waals surface area (Å²) >= 11 is 11.9. The summed E-state index contributed by atoms with van der Waals surface area (Å²) in [5.74, 6) is 0.584. The molecule has 0 aromatic heterocycles. The lowest BCUT2D eigenvalue weighted by Gasteiger charge is -2.05. The molecule has 1 amide bonds. The Kier molecular flexibility index (Phi) is 5.87. The molecule has 0 aliphatic carbocycles. The van der Waals surface area contributed by atoms with Gasteiger partial charge in [-0.25, -0.2) is 0 Å². The molecule has 2 rings (SSSR count). The first kappa shape index (κ1) is 16.4. The van der Waals surface area contributed by atoms with Gasteiger partial charge in [0.15, 0.2) is 0 Å². The van der Waals surface area contributed by atoms with Crippen LogP contribution in [0.4, 0.5) is 0 Å². The molecule has 22 heavy (non-hydrogen) atoms. The van der Waals surface area contributed by atoms with Crippen LogP contribution in [0.2, 0.25) is 10.0 Å². The van der Waals surface area contributed by atoms with Crippen molar-refractivity contribution in [1.29, 1.82) is 0 Å². The van der Waals surface area contributed by atoms with E-state index in [9.17, 15) is 4.79 Å². The highest BCUT2D eigenvalue weighted by molar-refractivity contribution is 6.35. The number of ether oxygens (including phenoxy) is 1. The van der Waals surface area contributed by atoms with E-state index in [-0.39, 0.29) is 5.91 Å². The zero-order valence-corrected chi connectivity index (χ0v) is 13.5. The molecule has 1 N–H and O–H groups in total. The molecule has 3 nitrogen and oxygen atoms in total. The Bertz CT molecular complexity index is 682. The van der Waals surface area contributed by atoms with E-state index in [0.29, 0.717) is 16.6 Å². The summed E-state index contributed by atoms with van der Waals surface area (Å²) in [6, 6.07) is 12.6. The second kappa shape index (κ2) is 7.87. The van der Waals surface area contributed by atoms with Crippen molar-refractivity contribution in [2.75, 3.05) is 7.11 Å². The fourth-order valence-electron chi connectivity index (χ4n) is 1.79. The van der Waals surface area contributed by atoms with Crippen molar-refractivity contribution in [3.05, 3.63) is 69.7 Å². The highest BCUT2D eigenvalue weighted by Crippen LogP contribution is 2.20. The summed E-state index contributed by atoms with van der Waals surface area (Å²) in [5.41, 5.74) is 1.73. The Balaban J connectivity index is 1.90. The first-order chi connectivity index (χ1) is 10.6. The van der Waals surface area contributed by atoms with E-state index in [1.54, 1.807) is 31.4 Å². The van der Waals surface area contributed by atoms with Crippen molar-refractivity contribution in [2.24, 2.45) is 0 Å². The molecule has 2 aromatic rings. The largest absolute Gasteiger partial charge is 0.497 e. The Morgan fingerprint density at radius 2 is 1.91 bits per heavy atom. The number of carbonyl (C=O) groups is 1. The highest BCUT2D eigenvalue weighted by Gasteiger charge is 2.02. The first-order valence-corrected chi connectivity index (χ1v) is 7.38. The molecule has 0 aliphatic rings. The van der Waals surface area contributed by atoms with Crippen molar-refractivity contribution in [3.63, 3.8) is 0 Å². The lowest BCUT2D eigenvalue weighted by Crippen LogP contribution is -2.20. The van der Waals surface area contributed by atoms with Crippen molar-refractivity contribution in [2.45, 2.75) is 6.54 Å². The van der Waals surface area contributed by atoms with Crippen LogP contribution in [0.15, 0.2) is 48.5 Å². The molecular weight excluding hydrogens is 321 g/mol. The van der Waals surface area contributed by atoms with Crippen LogP contribution in [0.5, 0.6) is 5.75 Å². The third-order valence-electron chi connectivity index (χ3n) is 3.01. The number of rotatable bonds is 5. The number of nitrogens with one attached hydrogen (secondary N) is 1. The summed E-state index contributed by atoms with van der Waals surface area (Å²) in [4.78, 5) is 11.8. The monoisotopic (exact) mass is 335 g/mol. The fraction of sp³-hybridized carbons (Fsp3) is 0.118. The van der Waals surface area contributed by atoms with E-state index in [1.165, 1.54) is 6.08 Å². The molecule has 0 aliphatic heterocycles. The van der Waals surface area contributed by atoms with Crippen LogP contribution in [0.3, 0.4) is 0 Å². The molecule has 0 atom stereocenters. The van der Waals surface area contributed by atoms with Crippen LogP contribution in [-0.2, 0) is 11.3 Å². The summed E-state index contributed by atoms with van der Waals surface area (Å²) in [5, 5.41) is 3.88. The number of hydrogen-bond donors (Lipinski definition) is 1. The normalized spacial score (nSPS) is 10.7. The average Bonchev–Trinajstić information content (AvgIpc) is 2.52. The number of carbonyl (C=O) groups excluding carboxylic acids is 1. The van der Waals surface area contributed by atoms with Crippen LogP contribution in [0, 0.1) is 0 Å². The average molecular weight is 336 g/mol. The van der Waals surface area contributed by atoms with Gasteiger partial charge < -0.3 is 10.1 Å². The number of amides is 1. The standard InChI is InChI=1S/C17H15Cl2NO2/c1-22-15-7-2-12(3-8-15)4-9-17(21)20-11-13-5-6-14(18)10-16(13)19/h2-10H,11H2,1H3,(H,20,21)/b9-4+. The minimum absolute atomic E-state index is 0.193. The minimum Gasteiger partial charge on any atom is -0.497 e. The molecule has 0 bridgehead atoms. The summed E-state index contributed by atoms with van der Waals surface area (Å²) in [6.07, 6.45) is 3.21. The maximum atomic E-state index is 11.8. The SMILES string of the molecule is COc1ccc(/C=C/C(=O)NCc2ccc(Cl)cc2Cl)cc1. The van der Waals surface area contributed by atoms with Gasteiger partial charge in [0.25, 0.3) is 0 Å². The van der Waals surface area contributed by atoms with Gasteiger partial charge in [-0.2, -0.15) is 0 Å². The van der Waals surface area contributed by atoms with Crippen LogP contribution in [0.1, 0.15) is 11.1 Å². The number of hydrogen-bond acceptors (Lipinski definition) is 2. The molecule has 0 fully saturated rings. The topological polar surface area (TPSA) is 38.3 Å². The number of benzene rings is 2. The van der Waals surface area contributed by atoms with Gasteiger partial charge in [0.1, 0.15) is 5.75 Å². The second-order valence-corrected chi connectivity index (χ2v) is 5.40. The predicted molar refractivity (Wildman–Crippen MR) is 90.3 cm³/mol. The number of halogens is 2. The maximum absolute atomic E-state index is 11.8. The zero-order chi connectivity index (χ0) is 15.9. The molecule has 0 unspecified atom stereocenters. The van der Waals surface area contributed by atoms with E-state index in [4.69, 9.17) is 27.9 Å². The Labute approximate surface area is 139 Å². The van der Waals surface area contributed by atoms with Gasteiger partial charge in [0, 0.05) is 22.7 Å². The van der Waals surface area contributed by atoms with Crippen molar-refractivity contribution < 1.29 is 9.53 Å². The molecule has 5 heteroatoms. The van der Waals surface area contributed by atoms with Crippen LogP contribution < -0.4 is 10.1 Å². The minimum atomic E-state index is -0.193. The van der Waals surface area contributed by atoms with Gasteiger partial charge in [-0.1, -0.05) is 41.4 Å². The van der Waals surface area contributed by atoms with Gasteiger partial charge in [-0.3, -0.25) is 4.79 Å². The van der Waals surface area contributed by atoms with E-state index < -0.39 is 0 Å². The van der Waals surface area contributed by atoms with Gasteiger partial charge in [0.05, 0.1) is 7.11 Å². The molecule has 114 valence electrons. The van der Waals surface area contributed by atoms with Crippen molar-refractivity contribution in [3.8, 4) is 5.75 Å². The van der Waals surface area contributed by atoms with E-state index in [0.717, 1.165) is 16.9 Å². The molecular formula is C17H15Cl2NO2. The van der Waals surface area contributed by atoms with Crippen LogP contribution in [0.25, 0.3) is 6.08 Å². The molecule has 0 saturated carbocycles. The summed E-state index contributed by atoms with van der Waals surface area (Å²) < 4.78 is 5.08. The molecule has 0 saturated heterocycles. The third kappa shape index (κ3) is 4.79. The van der Waals surface area contributed by atoms with Gasteiger partial charge in [0.2, 0.25) is 5.91 Å². The van der Waals surface area contributed by atoms with Gasteiger partial charge in [-0.05, 0) is 41.5 Å². The Hall–Kier alpha value is -1.97. The van der Waals surface area contributed by atoms with Crippen molar-refractivity contribution >= 4 is 35.2 Å². The summed E-state index contributed by atoms with van der Waals surface area (Å²) in [7, 11) is 1.61. The highest BCUT2D eigenvalue weighted by atomic mass is 35.5. The summed E-state index contributed by atoms with van der Waals surface area (Å²) in [6.45, 7) is 0.349. The zero-order valence-electron chi connectivity index (χ0n) is 12.0. The maximum Gasteiger partial charge on any atom is 0.244 e. The van der Waals surface area contributed by atoms with Gasteiger partial charge in [-0.15, -0.1) is 0 Å². The van der Waals surface area contributed by atoms with E-state index >= 15 is 0 Å².